The van der Waals surface area contributed by atoms with E-state index < -0.39 is 6.10 Å². The normalized spacial score (nSPS) is 16.3. The van der Waals surface area contributed by atoms with Crippen LogP contribution in [0.5, 0.6) is 0 Å². The monoisotopic (exact) mass is 321 g/mol. The number of ether oxygens (including phenoxy) is 1. The fourth-order valence-electron chi connectivity index (χ4n) is 2.41. The molecule has 0 spiro atoms. The SMILES string of the molecule is Cc1cc(N2CCOCC2)ccc1NC(=O)NC[C@@H](O)C(C)C. The summed E-state index contributed by atoms with van der Waals surface area (Å²) in [5.41, 5.74) is 2.93. The number of carbonyl (C=O) groups is 1. The summed E-state index contributed by atoms with van der Waals surface area (Å²) in [5, 5.41) is 15.2. The molecule has 0 unspecified atom stereocenters. The van der Waals surface area contributed by atoms with Crippen LogP contribution in [0.15, 0.2) is 18.2 Å². The van der Waals surface area contributed by atoms with Crippen LogP contribution in [-0.4, -0.2) is 50.1 Å². The summed E-state index contributed by atoms with van der Waals surface area (Å²) in [5.74, 6) is 0.116. The number of anilines is 2. The Balaban J connectivity index is 1.91. The molecule has 0 bridgehead atoms. The van der Waals surface area contributed by atoms with Gasteiger partial charge in [0.05, 0.1) is 19.3 Å². The predicted molar refractivity (Wildman–Crippen MR) is 92.1 cm³/mol. The van der Waals surface area contributed by atoms with E-state index in [0.717, 1.165) is 43.2 Å². The van der Waals surface area contributed by atoms with Gasteiger partial charge in [0.1, 0.15) is 0 Å². The molecule has 6 heteroatoms. The number of nitrogens with zero attached hydrogens (tertiary/aromatic N) is 1. The highest BCUT2D eigenvalue weighted by molar-refractivity contribution is 5.90. The van der Waals surface area contributed by atoms with Crippen molar-refractivity contribution in [2.24, 2.45) is 5.92 Å². The lowest BCUT2D eigenvalue weighted by atomic mass is 10.1. The van der Waals surface area contributed by atoms with Crippen LogP contribution < -0.4 is 15.5 Å². The van der Waals surface area contributed by atoms with Crippen LogP contribution in [0.25, 0.3) is 0 Å². The van der Waals surface area contributed by atoms with E-state index in [-0.39, 0.29) is 18.5 Å². The Bertz CT molecular complexity index is 528. The Morgan fingerprint density at radius 1 is 1.35 bits per heavy atom. The molecule has 3 N–H and O–H groups in total. The number of hydrogen-bond acceptors (Lipinski definition) is 4. The molecule has 1 fully saturated rings. The van der Waals surface area contributed by atoms with Crippen molar-refractivity contribution in [3.05, 3.63) is 23.8 Å². The number of urea groups is 1. The van der Waals surface area contributed by atoms with Crippen molar-refractivity contribution in [1.29, 1.82) is 0 Å². The molecule has 1 aromatic rings. The predicted octanol–water partition coefficient (Wildman–Crippen LogP) is 1.97. The molecule has 0 radical (unpaired) electrons. The average Bonchev–Trinajstić information content (AvgIpc) is 2.55. The van der Waals surface area contributed by atoms with Crippen LogP contribution in [0.2, 0.25) is 0 Å². The second kappa shape index (κ2) is 8.17. The first kappa shape index (κ1) is 17.6. The van der Waals surface area contributed by atoms with Crippen molar-refractivity contribution in [3.63, 3.8) is 0 Å². The van der Waals surface area contributed by atoms with Gasteiger partial charge in [0, 0.05) is 31.0 Å². The number of benzene rings is 1. The van der Waals surface area contributed by atoms with Crippen molar-refractivity contribution in [1.82, 2.24) is 5.32 Å². The zero-order valence-electron chi connectivity index (χ0n) is 14.1. The smallest absolute Gasteiger partial charge is 0.319 e. The van der Waals surface area contributed by atoms with Gasteiger partial charge in [-0.15, -0.1) is 0 Å². The third kappa shape index (κ3) is 5.11. The quantitative estimate of drug-likeness (QED) is 0.775. The summed E-state index contributed by atoms with van der Waals surface area (Å²) < 4.78 is 5.36. The van der Waals surface area contributed by atoms with Gasteiger partial charge in [-0.3, -0.25) is 0 Å². The molecule has 1 aliphatic rings. The second-order valence-electron chi connectivity index (χ2n) is 6.25. The number of hydrogen-bond donors (Lipinski definition) is 3. The molecular weight excluding hydrogens is 294 g/mol. The maximum absolute atomic E-state index is 11.9. The van der Waals surface area contributed by atoms with Gasteiger partial charge >= 0.3 is 6.03 Å². The molecule has 1 atom stereocenters. The Morgan fingerprint density at radius 2 is 2.04 bits per heavy atom. The summed E-state index contributed by atoms with van der Waals surface area (Å²) in [7, 11) is 0. The standard InChI is InChI=1S/C17H27N3O3/c1-12(2)16(21)11-18-17(22)19-15-5-4-14(10-13(15)3)20-6-8-23-9-7-20/h4-5,10,12,16,21H,6-9,11H2,1-3H3,(H2,18,19,22)/t16-/m1/s1. The molecule has 1 heterocycles. The number of nitrogens with one attached hydrogen (secondary N) is 2. The molecule has 1 saturated heterocycles. The van der Waals surface area contributed by atoms with Gasteiger partial charge in [-0.2, -0.15) is 0 Å². The molecule has 2 amide bonds. The zero-order chi connectivity index (χ0) is 16.8. The maximum Gasteiger partial charge on any atom is 0.319 e. The van der Waals surface area contributed by atoms with Crippen LogP contribution in [0.3, 0.4) is 0 Å². The average molecular weight is 321 g/mol. The molecule has 0 aliphatic carbocycles. The second-order valence-corrected chi connectivity index (χ2v) is 6.25. The van der Waals surface area contributed by atoms with E-state index >= 15 is 0 Å². The van der Waals surface area contributed by atoms with Crippen molar-refractivity contribution < 1.29 is 14.6 Å². The Morgan fingerprint density at radius 3 is 2.65 bits per heavy atom. The molecule has 128 valence electrons. The molecule has 1 aliphatic heterocycles. The van der Waals surface area contributed by atoms with Crippen LogP contribution >= 0.6 is 0 Å². The first-order chi connectivity index (χ1) is 11.0. The molecule has 0 aromatic heterocycles. The van der Waals surface area contributed by atoms with Crippen LogP contribution in [0.1, 0.15) is 19.4 Å². The van der Waals surface area contributed by atoms with Gasteiger partial charge in [-0.1, -0.05) is 13.8 Å². The van der Waals surface area contributed by atoms with E-state index in [2.05, 4.69) is 21.6 Å². The van der Waals surface area contributed by atoms with Crippen molar-refractivity contribution >= 4 is 17.4 Å². The number of morpholine rings is 1. The highest BCUT2D eigenvalue weighted by Crippen LogP contribution is 2.23. The summed E-state index contributed by atoms with van der Waals surface area (Å²) in [6, 6.07) is 5.70. The van der Waals surface area contributed by atoms with Gasteiger partial charge in [-0.25, -0.2) is 4.79 Å². The number of aliphatic hydroxyl groups excluding tert-OH is 1. The van der Waals surface area contributed by atoms with Gasteiger partial charge in [0.2, 0.25) is 0 Å². The molecule has 23 heavy (non-hydrogen) atoms. The Labute approximate surface area is 137 Å². The van der Waals surface area contributed by atoms with E-state index in [0.29, 0.717) is 0 Å². The van der Waals surface area contributed by atoms with Crippen LogP contribution in [0, 0.1) is 12.8 Å². The molecule has 1 aromatic carbocycles. The first-order valence-corrected chi connectivity index (χ1v) is 8.13. The third-order valence-corrected chi connectivity index (χ3v) is 4.08. The lowest BCUT2D eigenvalue weighted by Crippen LogP contribution is -2.37. The first-order valence-electron chi connectivity index (χ1n) is 8.13. The minimum atomic E-state index is -0.537. The summed E-state index contributed by atoms with van der Waals surface area (Å²) in [6.45, 7) is 9.33. The van der Waals surface area contributed by atoms with E-state index in [1.54, 1.807) is 0 Å². The molecule has 2 rings (SSSR count). The maximum atomic E-state index is 11.9. The lowest BCUT2D eigenvalue weighted by molar-refractivity contribution is 0.122. The van der Waals surface area contributed by atoms with Crippen molar-refractivity contribution in [2.45, 2.75) is 26.9 Å². The molecule has 0 saturated carbocycles. The number of amides is 2. The van der Waals surface area contributed by atoms with Gasteiger partial charge < -0.3 is 25.4 Å². The fraction of sp³-hybridized carbons (Fsp3) is 0.588. The van der Waals surface area contributed by atoms with Gasteiger partial charge in [0.15, 0.2) is 0 Å². The fourth-order valence-corrected chi connectivity index (χ4v) is 2.41. The summed E-state index contributed by atoms with van der Waals surface area (Å²) >= 11 is 0. The topological polar surface area (TPSA) is 73.8 Å². The highest BCUT2D eigenvalue weighted by atomic mass is 16.5. The zero-order valence-corrected chi connectivity index (χ0v) is 14.1. The van der Waals surface area contributed by atoms with E-state index in [1.807, 2.05) is 32.9 Å². The Hall–Kier alpha value is -1.79. The van der Waals surface area contributed by atoms with E-state index in [4.69, 9.17) is 4.74 Å². The number of aryl methyl sites for hydroxylation is 1. The number of rotatable bonds is 5. The Kier molecular flexibility index (Phi) is 6.24. The largest absolute Gasteiger partial charge is 0.391 e. The van der Waals surface area contributed by atoms with E-state index in [9.17, 15) is 9.90 Å². The van der Waals surface area contributed by atoms with E-state index in [1.165, 1.54) is 0 Å². The van der Waals surface area contributed by atoms with Crippen LogP contribution in [-0.2, 0) is 4.74 Å². The highest BCUT2D eigenvalue weighted by Gasteiger charge is 2.14. The number of aliphatic hydroxyl groups is 1. The molecular formula is C17H27N3O3. The summed E-state index contributed by atoms with van der Waals surface area (Å²) in [4.78, 5) is 14.2. The molecule has 6 nitrogen and oxygen atoms in total. The van der Waals surface area contributed by atoms with Crippen molar-refractivity contribution in [3.8, 4) is 0 Å². The number of carbonyl (C=O) groups excluding carboxylic acids is 1. The van der Waals surface area contributed by atoms with Gasteiger partial charge in [0.25, 0.3) is 0 Å². The van der Waals surface area contributed by atoms with Crippen LogP contribution in [0.4, 0.5) is 16.2 Å². The van der Waals surface area contributed by atoms with Gasteiger partial charge in [-0.05, 0) is 36.6 Å². The third-order valence-electron chi connectivity index (χ3n) is 4.08. The lowest BCUT2D eigenvalue weighted by Gasteiger charge is -2.29. The van der Waals surface area contributed by atoms with Crippen molar-refractivity contribution in [2.75, 3.05) is 43.1 Å². The minimum absolute atomic E-state index is 0.116. The minimum Gasteiger partial charge on any atom is -0.391 e. The summed E-state index contributed by atoms with van der Waals surface area (Å²) in [6.07, 6.45) is -0.537.